The van der Waals surface area contributed by atoms with Gasteiger partial charge < -0.3 is 0 Å². The van der Waals surface area contributed by atoms with Gasteiger partial charge in [0.1, 0.15) is 5.03 Å². The largest absolute Gasteiger partial charge is 0.288 e. The van der Waals surface area contributed by atoms with Gasteiger partial charge in [0.15, 0.2) is 0 Å². The molecule has 0 spiro atoms. The van der Waals surface area contributed by atoms with Crippen LogP contribution in [0.1, 0.15) is 27.2 Å². The molecule has 1 aliphatic rings. The molecule has 0 aliphatic carbocycles. The van der Waals surface area contributed by atoms with Crippen molar-refractivity contribution >= 4 is 23.6 Å². The van der Waals surface area contributed by atoms with E-state index in [-0.39, 0.29) is 5.78 Å². The fraction of sp³-hybridized carbons (Fsp3) is 0.125. The molecule has 0 fully saturated rings. The Labute approximate surface area is 116 Å². The van der Waals surface area contributed by atoms with Gasteiger partial charge in [0.05, 0.1) is 10.5 Å². The number of hydrogen-bond donors (Lipinski definition) is 0. The van der Waals surface area contributed by atoms with E-state index in [1.165, 1.54) is 11.8 Å². The number of allylic oxidation sites excluding steroid dienone is 1. The minimum Gasteiger partial charge on any atom is -0.288 e. The Morgan fingerprint density at radius 3 is 2.63 bits per heavy atom. The summed E-state index contributed by atoms with van der Waals surface area (Å²) in [5, 5.41) is 0.838. The Bertz CT molecular complexity index is 689. The van der Waals surface area contributed by atoms with Crippen LogP contribution in [0.5, 0.6) is 0 Å². The number of thioether (sulfide) groups is 1. The maximum atomic E-state index is 12.4. The second-order valence-corrected chi connectivity index (χ2v) is 5.64. The molecule has 1 aliphatic heterocycles. The van der Waals surface area contributed by atoms with Gasteiger partial charge in [-0.1, -0.05) is 42.1 Å². The molecule has 0 saturated carbocycles. The highest BCUT2D eigenvalue weighted by Gasteiger charge is 2.29. The summed E-state index contributed by atoms with van der Waals surface area (Å²) in [4.78, 5) is 17.6. The quantitative estimate of drug-likeness (QED) is 0.731. The van der Waals surface area contributed by atoms with Gasteiger partial charge in [-0.3, -0.25) is 4.79 Å². The Kier molecular flexibility index (Phi) is 2.99. The molecule has 94 valence electrons. The Morgan fingerprint density at radius 2 is 1.89 bits per heavy atom. The van der Waals surface area contributed by atoms with Crippen molar-refractivity contribution in [1.29, 1.82) is 0 Å². The van der Waals surface area contributed by atoms with Crippen molar-refractivity contribution in [1.82, 2.24) is 4.98 Å². The van der Waals surface area contributed by atoms with Gasteiger partial charge in [0, 0.05) is 5.69 Å². The van der Waals surface area contributed by atoms with Gasteiger partial charge in [-0.15, -0.1) is 0 Å². The molecule has 2 nitrogen and oxygen atoms in total. The SMILES string of the molecule is Cc1cc(C)c2c(n1)S/C(=C\c1ccccc1)C2=O. The number of hydrogen-bond acceptors (Lipinski definition) is 3. The van der Waals surface area contributed by atoms with Crippen LogP contribution >= 0.6 is 11.8 Å². The molecular formula is C16H13NOS. The summed E-state index contributed by atoms with van der Waals surface area (Å²) in [5.41, 5.74) is 3.77. The molecule has 0 unspecified atom stereocenters. The molecule has 2 heterocycles. The van der Waals surface area contributed by atoms with Crippen LogP contribution in [0.25, 0.3) is 6.08 Å². The molecule has 0 atom stereocenters. The number of carbonyl (C=O) groups is 1. The number of ketones is 1. The maximum absolute atomic E-state index is 12.4. The van der Waals surface area contributed by atoms with Gasteiger partial charge in [0.25, 0.3) is 0 Å². The molecule has 0 bridgehead atoms. The average molecular weight is 267 g/mol. The highest BCUT2D eigenvalue weighted by atomic mass is 32.2. The van der Waals surface area contributed by atoms with Crippen LogP contribution in [-0.4, -0.2) is 10.8 Å². The monoisotopic (exact) mass is 267 g/mol. The summed E-state index contributed by atoms with van der Waals surface area (Å²) in [6, 6.07) is 11.9. The summed E-state index contributed by atoms with van der Waals surface area (Å²) in [6.07, 6.45) is 1.93. The lowest BCUT2D eigenvalue weighted by Gasteiger charge is -2.01. The second kappa shape index (κ2) is 4.67. The molecule has 0 saturated heterocycles. The van der Waals surface area contributed by atoms with Gasteiger partial charge in [0.2, 0.25) is 5.78 Å². The summed E-state index contributed by atoms with van der Waals surface area (Å²) in [6.45, 7) is 3.93. The first-order chi connectivity index (χ1) is 9.15. The average Bonchev–Trinajstić information content (AvgIpc) is 2.67. The smallest absolute Gasteiger partial charge is 0.202 e. The van der Waals surface area contributed by atoms with Crippen molar-refractivity contribution in [3.05, 3.63) is 63.7 Å². The first-order valence-electron chi connectivity index (χ1n) is 6.12. The minimum atomic E-state index is 0.0915. The lowest BCUT2D eigenvalue weighted by atomic mass is 10.1. The summed E-state index contributed by atoms with van der Waals surface area (Å²) >= 11 is 1.47. The molecule has 2 aromatic rings. The van der Waals surface area contributed by atoms with Gasteiger partial charge >= 0.3 is 0 Å². The first kappa shape index (κ1) is 12.2. The Morgan fingerprint density at radius 1 is 1.16 bits per heavy atom. The highest BCUT2D eigenvalue weighted by molar-refractivity contribution is 8.04. The number of pyridine rings is 1. The van der Waals surface area contributed by atoms with Crippen molar-refractivity contribution in [2.75, 3.05) is 0 Å². The highest BCUT2D eigenvalue weighted by Crippen LogP contribution is 2.41. The van der Waals surface area contributed by atoms with E-state index >= 15 is 0 Å². The molecular weight excluding hydrogens is 254 g/mol. The lowest BCUT2D eigenvalue weighted by molar-refractivity contribution is 0.104. The van der Waals surface area contributed by atoms with Gasteiger partial charge in [-0.2, -0.15) is 0 Å². The third-order valence-electron chi connectivity index (χ3n) is 3.07. The van der Waals surface area contributed by atoms with Crippen LogP contribution in [0.3, 0.4) is 0 Å². The van der Waals surface area contributed by atoms with E-state index in [9.17, 15) is 4.79 Å². The Hall–Kier alpha value is -1.87. The van der Waals surface area contributed by atoms with E-state index < -0.39 is 0 Å². The maximum Gasteiger partial charge on any atom is 0.202 e. The van der Waals surface area contributed by atoms with E-state index in [0.717, 1.165) is 32.3 Å². The zero-order chi connectivity index (χ0) is 13.4. The number of Topliss-reactive ketones (excluding diaryl/α,β-unsaturated/α-hetero) is 1. The molecule has 3 heteroatoms. The van der Waals surface area contributed by atoms with Crippen LogP contribution in [0, 0.1) is 13.8 Å². The van der Waals surface area contributed by atoms with Gasteiger partial charge in [-0.05, 0) is 37.1 Å². The van der Waals surface area contributed by atoms with E-state index in [0.29, 0.717) is 0 Å². The number of aromatic nitrogens is 1. The zero-order valence-corrected chi connectivity index (χ0v) is 11.6. The number of benzene rings is 1. The van der Waals surface area contributed by atoms with E-state index in [1.807, 2.05) is 56.3 Å². The van der Waals surface area contributed by atoms with E-state index in [2.05, 4.69) is 4.98 Å². The minimum absolute atomic E-state index is 0.0915. The predicted molar refractivity (Wildman–Crippen MR) is 78.3 cm³/mol. The summed E-state index contributed by atoms with van der Waals surface area (Å²) < 4.78 is 0. The zero-order valence-electron chi connectivity index (χ0n) is 10.8. The van der Waals surface area contributed by atoms with Crippen molar-refractivity contribution in [3.63, 3.8) is 0 Å². The van der Waals surface area contributed by atoms with Crippen molar-refractivity contribution in [2.45, 2.75) is 18.9 Å². The van der Waals surface area contributed by atoms with Crippen LogP contribution in [0.4, 0.5) is 0 Å². The molecule has 0 N–H and O–H groups in total. The van der Waals surface area contributed by atoms with Crippen molar-refractivity contribution < 1.29 is 4.79 Å². The summed E-state index contributed by atoms with van der Waals surface area (Å²) in [5.74, 6) is 0.0915. The fourth-order valence-electron chi connectivity index (χ4n) is 2.22. The Balaban J connectivity index is 2.05. The normalized spacial score (nSPS) is 15.9. The number of aryl methyl sites for hydroxylation is 2. The van der Waals surface area contributed by atoms with E-state index in [1.54, 1.807) is 0 Å². The number of carbonyl (C=O) groups excluding carboxylic acids is 1. The number of nitrogens with zero attached hydrogens (tertiary/aromatic N) is 1. The third kappa shape index (κ3) is 2.22. The predicted octanol–water partition coefficient (Wildman–Crippen LogP) is 4.03. The fourth-order valence-corrected chi connectivity index (χ4v) is 3.37. The molecule has 19 heavy (non-hydrogen) atoms. The molecule has 0 radical (unpaired) electrons. The molecule has 1 aromatic heterocycles. The molecule has 3 rings (SSSR count). The number of fused-ring (bicyclic) bond motifs is 1. The topological polar surface area (TPSA) is 30.0 Å². The van der Waals surface area contributed by atoms with E-state index in [4.69, 9.17) is 0 Å². The van der Waals surface area contributed by atoms with Crippen molar-refractivity contribution in [2.24, 2.45) is 0 Å². The lowest BCUT2D eigenvalue weighted by Crippen LogP contribution is -1.99. The van der Waals surface area contributed by atoms with Crippen molar-refractivity contribution in [3.8, 4) is 0 Å². The summed E-state index contributed by atoms with van der Waals surface area (Å²) in [7, 11) is 0. The second-order valence-electron chi connectivity index (χ2n) is 4.61. The standard InChI is InChI=1S/C16H13NOS/c1-10-8-11(2)17-16-14(10)15(18)13(19-16)9-12-6-4-3-5-7-12/h3-9H,1-2H3/b13-9-. The van der Waals surface area contributed by atoms with Crippen LogP contribution in [-0.2, 0) is 0 Å². The van der Waals surface area contributed by atoms with Crippen LogP contribution in [0.15, 0.2) is 46.3 Å². The third-order valence-corrected chi connectivity index (χ3v) is 4.08. The van der Waals surface area contributed by atoms with Crippen LogP contribution < -0.4 is 0 Å². The molecule has 0 amide bonds. The molecule has 1 aromatic carbocycles. The first-order valence-corrected chi connectivity index (χ1v) is 6.94. The van der Waals surface area contributed by atoms with Crippen LogP contribution in [0.2, 0.25) is 0 Å². The number of rotatable bonds is 1. The van der Waals surface area contributed by atoms with Gasteiger partial charge in [-0.25, -0.2) is 4.98 Å².